The molecule has 3 heteroatoms. The molecule has 2 unspecified atom stereocenters. The van der Waals surface area contributed by atoms with Gasteiger partial charge in [0.2, 0.25) is 0 Å². The number of nitriles is 1. The van der Waals surface area contributed by atoms with Gasteiger partial charge in [0.25, 0.3) is 0 Å². The molecule has 0 aliphatic heterocycles. The van der Waals surface area contributed by atoms with Crippen molar-refractivity contribution in [2.24, 2.45) is 5.92 Å². The highest BCUT2D eigenvalue weighted by molar-refractivity contribution is 5.86. The highest BCUT2D eigenvalue weighted by Gasteiger charge is 2.26. The van der Waals surface area contributed by atoms with Crippen LogP contribution in [0.1, 0.15) is 38.2 Å². The maximum atomic E-state index is 9.41. The first kappa shape index (κ1) is 13.9. The number of hydrogen-bond acceptors (Lipinski definition) is 3. The van der Waals surface area contributed by atoms with Gasteiger partial charge in [0.1, 0.15) is 5.82 Å². The Morgan fingerprint density at radius 1 is 1.24 bits per heavy atom. The van der Waals surface area contributed by atoms with E-state index >= 15 is 0 Å². The van der Waals surface area contributed by atoms with Gasteiger partial charge in [0, 0.05) is 18.5 Å². The molecule has 1 aromatic heterocycles. The Morgan fingerprint density at radius 3 is 2.76 bits per heavy atom. The van der Waals surface area contributed by atoms with Gasteiger partial charge in [-0.2, -0.15) is 5.26 Å². The van der Waals surface area contributed by atoms with Crippen LogP contribution in [0.3, 0.4) is 0 Å². The van der Waals surface area contributed by atoms with Gasteiger partial charge in [-0.1, -0.05) is 38.0 Å². The average Bonchev–Trinajstić information content (AvgIpc) is 2.53. The second-order valence-electron chi connectivity index (χ2n) is 6.10. The summed E-state index contributed by atoms with van der Waals surface area (Å²) in [6.07, 6.45) is 5.12. The standard InChI is InChI=1S/C18H21N3/c1-13-7-3-6-10-17(13)21(2)18-11-14(12-19)15-8-4-5-9-16(15)20-18/h4-5,8-9,11,13,17H,3,6-7,10H2,1-2H3. The van der Waals surface area contributed by atoms with Gasteiger partial charge in [-0.25, -0.2) is 4.98 Å². The van der Waals surface area contributed by atoms with Crippen molar-refractivity contribution in [2.75, 3.05) is 11.9 Å². The third-order valence-electron chi connectivity index (χ3n) is 4.75. The molecule has 1 fully saturated rings. The molecule has 0 saturated heterocycles. The van der Waals surface area contributed by atoms with Crippen LogP contribution in [0, 0.1) is 17.2 Å². The largest absolute Gasteiger partial charge is 0.356 e. The van der Waals surface area contributed by atoms with E-state index in [1.807, 2.05) is 30.3 Å². The third kappa shape index (κ3) is 2.58. The van der Waals surface area contributed by atoms with Crippen molar-refractivity contribution < 1.29 is 0 Å². The zero-order chi connectivity index (χ0) is 14.8. The summed E-state index contributed by atoms with van der Waals surface area (Å²) in [6.45, 7) is 2.33. The molecule has 21 heavy (non-hydrogen) atoms. The van der Waals surface area contributed by atoms with E-state index in [9.17, 15) is 5.26 Å². The van der Waals surface area contributed by atoms with Crippen LogP contribution < -0.4 is 4.90 Å². The van der Waals surface area contributed by atoms with Crippen molar-refractivity contribution in [3.05, 3.63) is 35.9 Å². The summed E-state index contributed by atoms with van der Waals surface area (Å²) >= 11 is 0. The van der Waals surface area contributed by atoms with Crippen molar-refractivity contribution >= 4 is 16.7 Å². The summed E-state index contributed by atoms with van der Waals surface area (Å²) in [7, 11) is 2.12. The lowest BCUT2D eigenvalue weighted by Gasteiger charge is -2.37. The van der Waals surface area contributed by atoms with E-state index in [0.717, 1.165) is 16.7 Å². The zero-order valence-electron chi connectivity index (χ0n) is 12.7. The maximum Gasteiger partial charge on any atom is 0.130 e. The van der Waals surface area contributed by atoms with Crippen LogP contribution in [0.5, 0.6) is 0 Å². The van der Waals surface area contributed by atoms with Crippen LogP contribution in [0.2, 0.25) is 0 Å². The van der Waals surface area contributed by atoms with Crippen LogP contribution in [-0.4, -0.2) is 18.1 Å². The first-order chi connectivity index (χ1) is 10.2. The second-order valence-corrected chi connectivity index (χ2v) is 6.10. The normalized spacial score (nSPS) is 22.0. The first-order valence-corrected chi connectivity index (χ1v) is 7.73. The Morgan fingerprint density at radius 2 is 2.00 bits per heavy atom. The predicted octanol–water partition coefficient (Wildman–Crippen LogP) is 4.12. The molecule has 0 N–H and O–H groups in total. The van der Waals surface area contributed by atoms with Crippen LogP contribution in [-0.2, 0) is 0 Å². The smallest absolute Gasteiger partial charge is 0.130 e. The zero-order valence-corrected chi connectivity index (χ0v) is 12.7. The van der Waals surface area contributed by atoms with E-state index in [1.165, 1.54) is 25.7 Å². The topological polar surface area (TPSA) is 39.9 Å². The lowest BCUT2D eigenvalue weighted by atomic mass is 9.85. The molecule has 0 amide bonds. The van der Waals surface area contributed by atoms with Gasteiger partial charge in [-0.15, -0.1) is 0 Å². The summed E-state index contributed by atoms with van der Waals surface area (Å²) in [5.41, 5.74) is 1.62. The Balaban J connectivity index is 2.02. The van der Waals surface area contributed by atoms with Crippen molar-refractivity contribution in [1.29, 1.82) is 5.26 Å². The van der Waals surface area contributed by atoms with Gasteiger partial charge in [0.15, 0.2) is 0 Å². The quantitative estimate of drug-likeness (QED) is 0.830. The van der Waals surface area contributed by atoms with E-state index in [4.69, 9.17) is 4.98 Å². The average molecular weight is 279 g/mol. The fourth-order valence-corrected chi connectivity index (χ4v) is 3.48. The molecule has 3 rings (SSSR count). The number of nitrogens with zero attached hydrogens (tertiary/aromatic N) is 3. The Labute approximate surface area is 126 Å². The molecule has 0 spiro atoms. The highest BCUT2D eigenvalue weighted by Crippen LogP contribution is 2.31. The fraction of sp³-hybridized carbons (Fsp3) is 0.444. The van der Waals surface area contributed by atoms with Gasteiger partial charge < -0.3 is 4.90 Å². The number of anilines is 1. The lowest BCUT2D eigenvalue weighted by Crippen LogP contribution is -2.39. The van der Waals surface area contributed by atoms with Crippen LogP contribution >= 0.6 is 0 Å². The minimum absolute atomic E-state index is 0.527. The second kappa shape index (κ2) is 5.73. The van der Waals surface area contributed by atoms with Crippen LogP contribution in [0.25, 0.3) is 10.9 Å². The number of hydrogen-bond donors (Lipinski definition) is 0. The summed E-state index contributed by atoms with van der Waals surface area (Å²) < 4.78 is 0. The minimum Gasteiger partial charge on any atom is -0.356 e. The van der Waals surface area contributed by atoms with Crippen LogP contribution in [0.4, 0.5) is 5.82 Å². The van der Waals surface area contributed by atoms with E-state index in [2.05, 4.69) is 24.9 Å². The van der Waals surface area contributed by atoms with Gasteiger partial charge >= 0.3 is 0 Å². The molecule has 1 aromatic carbocycles. The molecular weight excluding hydrogens is 258 g/mol. The molecule has 0 bridgehead atoms. The number of fused-ring (bicyclic) bond motifs is 1. The SMILES string of the molecule is CC1CCCCC1N(C)c1cc(C#N)c2ccccc2n1. The number of benzene rings is 1. The molecule has 1 saturated carbocycles. The molecule has 1 aliphatic rings. The fourth-order valence-electron chi connectivity index (χ4n) is 3.48. The van der Waals surface area contributed by atoms with Gasteiger partial charge in [-0.05, 0) is 30.9 Å². The van der Waals surface area contributed by atoms with Gasteiger partial charge in [0.05, 0.1) is 17.1 Å². The molecule has 2 aromatic rings. The van der Waals surface area contributed by atoms with Crippen molar-refractivity contribution in [3.8, 4) is 6.07 Å². The number of rotatable bonds is 2. The number of aromatic nitrogens is 1. The minimum atomic E-state index is 0.527. The maximum absolute atomic E-state index is 9.41. The number of pyridine rings is 1. The van der Waals surface area contributed by atoms with Crippen LogP contribution in [0.15, 0.2) is 30.3 Å². The van der Waals surface area contributed by atoms with Gasteiger partial charge in [-0.3, -0.25) is 0 Å². The van der Waals surface area contributed by atoms with Crippen molar-refractivity contribution in [3.63, 3.8) is 0 Å². The predicted molar refractivity (Wildman–Crippen MR) is 86.3 cm³/mol. The Bertz CT molecular complexity index is 686. The summed E-state index contributed by atoms with van der Waals surface area (Å²) in [6, 6.07) is 12.7. The van der Waals surface area contributed by atoms with E-state index in [0.29, 0.717) is 17.5 Å². The van der Waals surface area contributed by atoms with Crippen molar-refractivity contribution in [2.45, 2.75) is 38.6 Å². The monoisotopic (exact) mass is 279 g/mol. The molecule has 1 aliphatic carbocycles. The van der Waals surface area contributed by atoms with E-state index in [-0.39, 0.29) is 0 Å². The summed E-state index contributed by atoms with van der Waals surface area (Å²) in [5, 5.41) is 10.3. The summed E-state index contributed by atoms with van der Waals surface area (Å²) in [4.78, 5) is 7.04. The Hall–Kier alpha value is -2.08. The molecule has 3 nitrogen and oxygen atoms in total. The Kier molecular flexibility index (Phi) is 3.79. The first-order valence-electron chi connectivity index (χ1n) is 7.73. The number of para-hydroxylation sites is 1. The summed E-state index contributed by atoms with van der Waals surface area (Å²) in [5.74, 6) is 1.60. The third-order valence-corrected chi connectivity index (χ3v) is 4.75. The molecule has 108 valence electrons. The molecular formula is C18H21N3. The lowest BCUT2D eigenvalue weighted by molar-refractivity contribution is 0.320. The molecule has 2 atom stereocenters. The van der Waals surface area contributed by atoms with E-state index < -0.39 is 0 Å². The van der Waals surface area contributed by atoms with E-state index in [1.54, 1.807) is 0 Å². The van der Waals surface area contributed by atoms with Crippen molar-refractivity contribution in [1.82, 2.24) is 4.98 Å². The highest BCUT2D eigenvalue weighted by atomic mass is 15.2. The molecule has 0 radical (unpaired) electrons. The molecule has 1 heterocycles.